The van der Waals surface area contributed by atoms with E-state index in [4.69, 9.17) is 0 Å². The van der Waals surface area contributed by atoms with Crippen LogP contribution < -0.4 is 5.32 Å². The molecule has 112 valence electrons. The summed E-state index contributed by atoms with van der Waals surface area (Å²) in [5.41, 5.74) is -0.0268. The molecule has 1 amide bonds. The van der Waals surface area contributed by atoms with E-state index in [9.17, 15) is 18.0 Å². The molecule has 5 nitrogen and oxygen atoms in total. The number of hydrogen-bond donors (Lipinski definition) is 1. The largest absolute Gasteiger partial charge is 0.434 e. The van der Waals surface area contributed by atoms with Crippen LogP contribution in [0, 0.1) is 5.92 Å². The van der Waals surface area contributed by atoms with Gasteiger partial charge in [0.1, 0.15) is 0 Å². The van der Waals surface area contributed by atoms with Gasteiger partial charge in [0, 0.05) is 36.2 Å². The molecule has 1 N–H and O–H groups in total. The lowest BCUT2D eigenvalue weighted by atomic mass is 9.95. The van der Waals surface area contributed by atoms with Crippen molar-refractivity contribution in [2.45, 2.75) is 25.6 Å². The highest BCUT2D eigenvalue weighted by Crippen LogP contribution is 2.32. The fraction of sp³-hybridized carbons (Fsp3) is 0.417. The third-order valence-electron chi connectivity index (χ3n) is 3.37. The molecule has 0 saturated heterocycles. The molecule has 2 aromatic rings. The molecule has 0 fully saturated rings. The normalized spacial score (nSPS) is 18.3. The Morgan fingerprint density at radius 1 is 1.48 bits per heavy atom. The van der Waals surface area contributed by atoms with E-state index in [1.807, 2.05) is 4.57 Å². The Morgan fingerprint density at radius 3 is 3.00 bits per heavy atom. The van der Waals surface area contributed by atoms with E-state index in [1.54, 1.807) is 12.5 Å². The third-order valence-corrected chi connectivity index (χ3v) is 4.13. The van der Waals surface area contributed by atoms with Crippen molar-refractivity contribution < 1.29 is 18.0 Å². The molecule has 0 aromatic carbocycles. The minimum Gasteiger partial charge on any atom is -0.335 e. The Bertz CT molecular complexity index is 664. The number of anilines is 1. The van der Waals surface area contributed by atoms with E-state index in [0.717, 1.165) is 22.4 Å². The molecule has 0 saturated carbocycles. The van der Waals surface area contributed by atoms with Crippen LogP contribution in [0.25, 0.3) is 0 Å². The van der Waals surface area contributed by atoms with Gasteiger partial charge in [-0.3, -0.25) is 4.79 Å². The fourth-order valence-corrected chi connectivity index (χ4v) is 2.98. The molecule has 0 spiro atoms. The van der Waals surface area contributed by atoms with Crippen LogP contribution in [0.1, 0.15) is 17.8 Å². The lowest BCUT2D eigenvalue weighted by molar-refractivity contribution is -0.140. The summed E-state index contributed by atoms with van der Waals surface area (Å²) >= 11 is 0.775. The Kier molecular flexibility index (Phi) is 3.44. The van der Waals surface area contributed by atoms with Crippen LogP contribution in [0.15, 0.2) is 17.9 Å². The molecule has 9 heteroatoms. The summed E-state index contributed by atoms with van der Waals surface area (Å²) in [6.07, 6.45) is 0.0807. The number of amides is 1. The average Bonchev–Trinajstić information content (AvgIpc) is 3.04. The van der Waals surface area contributed by atoms with E-state index < -0.39 is 11.9 Å². The van der Waals surface area contributed by atoms with Gasteiger partial charge in [-0.2, -0.15) is 13.2 Å². The molecule has 0 bridgehead atoms. The van der Waals surface area contributed by atoms with Crippen LogP contribution in [-0.2, 0) is 23.9 Å². The van der Waals surface area contributed by atoms with Gasteiger partial charge in [0.05, 0.1) is 6.33 Å². The van der Waals surface area contributed by atoms with Crippen LogP contribution in [0.5, 0.6) is 0 Å². The Balaban J connectivity index is 1.66. The van der Waals surface area contributed by atoms with Crippen LogP contribution in [-0.4, -0.2) is 20.4 Å². The minimum atomic E-state index is -4.49. The van der Waals surface area contributed by atoms with Gasteiger partial charge >= 0.3 is 6.18 Å². The van der Waals surface area contributed by atoms with Gasteiger partial charge in [-0.25, -0.2) is 9.97 Å². The Labute approximate surface area is 121 Å². The highest BCUT2D eigenvalue weighted by atomic mass is 32.1. The SMILES string of the molecule is O=C(Nc1nc(C(F)(F)F)cs1)[C@H]1CCn2cncc2C1. The van der Waals surface area contributed by atoms with E-state index in [-0.39, 0.29) is 17.0 Å². The first-order valence-electron chi connectivity index (χ1n) is 6.26. The third kappa shape index (κ3) is 2.92. The van der Waals surface area contributed by atoms with E-state index in [2.05, 4.69) is 15.3 Å². The van der Waals surface area contributed by atoms with Crippen molar-refractivity contribution in [2.75, 3.05) is 5.32 Å². The maximum atomic E-state index is 12.4. The number of halogens is 3. The van der Waals surface area contributed by atoms with Crippen molar-refractivity contribution in [3.63, 3.8) is 0 Å². The number of hydrogen-bond acceptors (Lipinski definition) is 4. The van der Waals surface area contributed by atoms with Gasteiger partial charge in [0.2, 0.25) is 5.91 Å². The van der Waals surface area contributed by atoms with Crippen molar-refractivity contribution in [3.05, 3.63) is 29.3 Å². The van der Waals surface area contributed by atoms with Crippen molar-refractivity contribution >= 4 is 22.4 Å². The first kappa shape index (κ1) is 14.1. The molecule has 0 unspecified atom stereocenters. The predicted octanol–water partition coefficient (Wildman–Crippen LogP) is 2.56. The number of imidazole rings is 1. The second-order valence-electron chi connectivity index (χ2n) is 4.79. The monoisotopic (exact) mass is 316 g/mol. The van der Waals surface area contributed by atoms with Crippen LogP contribution in [0.4, 0.5) is 18.3 Å². The molecular weight excluding hydrogens is 305 g/mol. The first-order valence-corrected chi connectivity index (χ1v) is 7.14. The molecule has 3 heterocycles. The zero-order chi connectivity index (χ0) is 15.0. The summed E-state index contributed by atoms with van der Waals surface area (Å²) in [6.45, 7) is 0.680. The van der Waals surface area contributed by atoms with Gasteiger partial charge in [0.15, 0.2) is 10.8 Å². The second kappa shape index (κ2) is 5.14. The minimum absolute atomic E-state index is 0.0218. The number of aromatic nitrogens is 3. The first-order chi connectivity index (χ1) is 9.93. The highest BCUT2D eigenvalue weighted by Gasteiger charge is 2.34. The number of carbonyl (C=O) groups excluding carboxylic acids is 1. The van der Waals surface area contributed by atoms with Crippen molar-refractivity contribution in [1.82, 2.24) is 14.5 Å². The van der Waals surface area contributed by atoms with E-state index in [1.165, 1.54) is 0 Å². The smallest absolute Gasteiger partial charge is 0.335 e. The van der Waals surface area contributed by atoms with Crippen LogP contribution in [0.2, 0.25) is 0 Å². The summed E-state index contributed by atoms with van der Waals surface area (Å²) in [5.74, 6) is -0.571. The number of thiazole rings is 1. The van der Waals surface area contributed by atoms with Crippen molar-refractivity contribution in [1.29, 1.82) is 0 Å². The van der Waals surface area contributed by atoms with Gasteiger partial charge in [-0.05, 0) is 6.42 Å². The lowest BCUT2D eigenvalue weighted by Crippen LogP contribution is -2.29. The molecule has 3 rings (SSSR count). The summed E-state index contributed by atoms with van der Waals surface area (Å²) in [7, 11) is 0. The number of fused-ring (bicyclic) bond motifs is 1. The molecule has 0 radical (unpaired) electrons. The summed E-state index contributed by atoms with van der Waals surface area (Å²) in [6, 6.07) is 0. The Hall–Kier alpha value is -1.90. The lowest BCUT2D eigenvalue weighted by Gasteiger charge is -2.22. The predicted molar refractivity (Wildman–Crippen MR) is 69.8 cm³/mol. The number of carbonyl (C=O) groups is 1. The molecular formula is C12H11F3N4OS. The van der Waals surface area contributed by atoms with Gasteiger partial charge < -0.3 is 9.88 Å². The second-order valence-corrected chi connectivity index (χ2v) is 5.65. The van der Waals surface area contributed by atoms with E-state index in [0.29, 0.717) is 19.4 Å². The standard InChI is InChI=1S/C12H11F3N4OS/c13-12(14,15)9-5-21-11(17-9)18-10(20)7-1-2-19-6-16-4-8(19)3-7/h4-7H,1-3H2,(H,17,18,20)/t7-/m0/s1. The number of alkyl halides is 3. The van der Waals surface area contributed by atoms with Gasteiger partial charge in [0.25, 0.3) is 0 Å². The zero-order valence-corrected chi connectivity index (χ0v) is 11.5. The number of rotatable bonds is 2. The van der Waals surface area contributed by atoms with Crippen LogP contribution >= 0.6 is 11.3 Å². The highest BCUT2D eigenvalue weighted by molar-refractivity contribution is 7.13. The van der Waals surface area contributed by atoms with E-state index >= 15 is 0 Å². The fourth-order valence-electron chi connectivity index (χ4n) is 2.26. The molecule has 1 aliphatic heterocycles. The summed E-state index contributed by atoms with van der Waals surface area (Å²) in [5, 5.41) is 3.34. The quantitative estimate of drug-likeness (QED) is 0.926. The maximum absolute atomic E-state index is 12.4. The molecule has 2 aromatic heterocycles. The Morgan fingerprint density at radius 2 is 2.29 bits per heavy atom. The molecule has 1 aliphatic rings. The summed E-state index contributed by atoms with van der Waals surface area (Å²) in [4.78, 5) is 19.5. The number of aryl methyl sites for hydroxylation is 1. The number of nitrogens with one attached hydrogen (secondary N) is 1. The molecule has 0 aliphatic carbocycles. The zero-order valence-electron chi connectivity index (χ0n) is 10.7. The molecule has 21 heavy (non-hydrogen) atoms. The average molecular weight is 316 g/mol. The van der Waals surface area contributed by atoms with Crippen molar-refractivity contribution in [3.8, 4) is 0 Å². The molecule has 1 atom stereocenters. The topological polar surface area (TPSA) is 59.8 Å². The van der Waals surface area contributed by atoms with Gasteiger partial charge in [-0.15, -0.1) is 11.3 Å². The van der Waals surface area contributed by atoms with Crippen molar-refractivity contribution in [2.24, 2.45) is 5.92 Å². The van der Waals surface area contributed by atoms with Crippen LogP contribution in [0.3, 0.4) is 0 Å². The summed E-state index contributed by atoms with van der Waals surface area (Å²) < 4.78 is 39.3. The maximum Gasteiger partial charge on any atom is 0.434 e. The van der Waals surface area contributed by atoms with Gasteiger partial charge in [-0.1, -0.05) is 0 Å². The number of nitrogens with zero attached hydrogens (tertiary/aromatic N) is 3.